The maximum absolute atomic E-state index is 12.7. The second kappa shape index (κ2) is 7.19. The zero-order valence-corrected chi connectivity index (χ0v) is 14.0. The van der Waals surface area contributed by atoms with Crippen molar-refractivity contribution in [3.05, 3.63) is 33.8 Å². The molecule has 0 saturated carbocycles. The maximum atomic E-state index is 12.7. The van der Waals surface area contributed by atoms with E-state index < -0.39 is 0 Å². The zero-order chi connectivity index (χ0) is 14.1. The minimum Gasteiger partial charge on any atom is -0.335 e. The van der Waals surface area contributed by atoms with Gasteiger partial charge in [-0.2, -0.15) is 0 Å². The molecule has 1 aromatic rings. The Morgan fingerprint density at radius 1 is 1.19 bits per heavy atom. The number of carbonyl (C=O) groups is 1. The molecule has 1 aromatic carbocycles. The van der Waals surface area contributed by atoms with Crippen molar-refractivity contribution in [3.8, 4) is 0 Å². The fourth-order valence-corrected chi connectivity index (χ4v) is 3.86. The fourth-order valence-electron chi connectivity index (χ4n) is 3.33. The van der Waals surface area contributed by atoms with Crippen molar-refractivity contribution in [2.75, 3.05) is 13.1 Å². The van der Waals surface area contributed by atoms with E-state index in [9.17, 15) is 4.79 Å². The molecule has 1 amide bonds. The van der Waals surface area contributed by atoms with Gasteiger partial charge in [-0.3, -0.25) is 4.79 Å². The van der Waals surface area contributed by atoms with Crippen LogP contribution in [0.5, 0.6) is 0 Å². The molecule has 2 heterocycles. The third kappa shape index (κ3) is 3.48. The van der Waals surface area contributed by atoms with E-state index in [1.807, 2.05) is 0 Å². The molecule has 0 radical (unpaired) electrons. The van der Waals surface area contributed by atoms with Crippen LogP contribution < -0.4 is 5.32 Å². The topological polar surface area (TPSA) is 32.3 Å². The third-order valence-corrected chi connectivity index (χ3v) is 5.04. The Balaban J connectivity index is 0.00000161. The van der Waals surface area contributed by atoms with Crippen LogP contribution in [0.2, 0.25) is 10.0 Å². The Morgan fingerprint density at radius 2 is 1.86 bits per heavy atom. The highest BCUT2D eigenvalue weighted by molar-refractivity contribution is 6.36. The average Bonchev–Trinajstić information content (AvgIpc) is 2.67. The molecule has 116 valence electrons. The van der Waals surface area contributed by atoms with Gasteiger partial charge in [-0.05, 0) is 43.5 Å². The third-order valence-electron chi connectivity index (χ3n) is 4.33. The van der Waals surface area contributed by atoms with E-state index >= 15 is 0 Å². The predicted octanol–water partition coefficient (Wildman–Crippen LogP) is 3.31. The van der Waals surface area contributed by atoms with Gasteiger partial charge in [0.2, 0.25) is 5.91 Å². The number of hydrogen-bond acceptors (Lipinski definition) is 2. The summed E-state index contributed by atoms with van der Waals surface area (Å²) < 4.78 is 0. The van der Waals surface area contributed by atoms with Gasteiger partial charge in [0, 0.05) is 28.7 Å². The summed E-state index contributed by atoms with van der Waals surface area (Å²) in [4.78, 5) is 14.7. The van der Waals surface area contributed by atoms with E-state index in [1.165, 1.54) is 0 Å². The minimum absolute atomic E-state index is 0. The summed E-state index contributed by atoms with van der Waals surface area (Å²) in [5.74, 6) is 0.149. The molecule has 21 heavy (non-hydrogen) atoms. The quantitative estimate of drug-likeness (QED) is 0.888. The Labute approximate surface area is 141 Å². The van der Waals surface area contributed by atoms with Crippen molar-refractivity contribution in [2.45, 2.75) is 37.8 Å². The van der Waals surface area contributed by atoms with Crippen molar-refractivity contribution < 1.29 is 4.79 Å². The van der Waals surface area contributed by atoms with Crippen molar-refractivity contribution in [2.24, 2.45) is 0 Å². The van der Waals surface area contributed by atoms with E-state index in [-0.39, 0.29) is 18.3 Å². The average molecular weight is 350 g/mol. The van der Waals surface area contributed by atoms with Gasteiger partial charge in [-0.15, -0.1) is 12.4 Å². The Morgan fingerprint density at radius 3 is 2.57 bits per heavy atom. The van der Waals surface area contributed by atoms with Crippen LogP contribution in [0.4, 0.5) is 0 Å². The number of nitrogens with zero attached hydrogens (tertiary/aromatic N) is 1. The predicted molar refractivity (Wildman–Crippen MR) is 88.6 cm³/mol. The number of fused-ring (bicyclic) bond motifs is 2. The first-order valence-electron chi connectivity index (χ1n) is 7.11. The highest BCUT2D eigenvalue weighted by atomic mass is 35.5. The molecule has 1 N–H and O–H groups in total. The molecule has 2 aliphatic heterocycles. The molecule has 0 aliphatic carbocycles. The van der Waals surface area contributed by atoms with Gasteiger partial charge in [0.1, 0.15) is 0 Å². The lowest BCUT2D eigenvalue weighted by molar-refractivity contribution is -0.133. The number of nitrogens with one attached hydrogen (secondary N) is 1. The maximum Gasteiger partial charge on any atom is 0.227 e. The number of carbonyl (C=O) groups excluding carboxylic acids is 1. The van der Waals surface area contributed by atoms with E-state index in [2.05, 4.69) is 10.2 Å². The lowest BCUT2D eigenvalue weighted by atomic mass is 10.1. The molecule has 2 aliphatic rings. The first-order chi connectivity index (χ1) is 9.66. The van der Waals surface area contributed by atoms with Gasteiger partial charge in [-0.25, -0.2) is 0 Å². The van der Waals surface area contributed by atoms with E-state index in [4.69, 9.17) is 23.2 Å². The van der Waals surface area contributed by atoms with Gasteiger partial charge in [-0.1, -0.05) is 29.3 Å². The molecule has 2 fully saturated rings. The van der Waals surface area contributed by atoms with Gasteiger partial charge in [0.15, 0.2) is 0 Å². The van der Waals surface area contributed by atoms with E-state index in [1.54, 1.807) is 18.2 Å². The van der Waals surface area contributed by atoms with Gasteiger partial charge in [0.05, 0.1) is 6.42 Å². The standard InChI is InChI=1S/C15H18Cl2N2O.ClH/c16-13-2-1-3-14(17)12(13)8-15(20)19-10-4-5-11(19)9-18-7-6-10;/h1-3,10-11,18H,4-9H2;1H. The molecule has 3 rings (SSSR count). The summed E-state index contributed by atoms with van der Waals surface area (Å²) in [7, 11) is 0. The molecular formula is C15H19Cl3N2O. The molecule has 2 unspecified atom stereocenters. The van der Waals surface area contributed by atoms with E-state index in [0.717, 1.165) is 37.9 Å². The van der Waals surface area contributed by atoms with Crippen LogP contribution in [0.15, 0.2) is 18.2 Å². The first kappa shape index (κ1) is 16.9. The monoisotopic (exact) mass is 348 g/mol. The van der Waals surface area contributed by atoms with Crippen LogP contribution in [0.25, 0.3) is 0 Å². The Hall–Kier alpha value is -0.480. The van der Waals surface area contributed by atoms with Crippen LogP contribution in [0.3, 0.4) is 0 Å². The largest absolute Gasteiger partial charge is 0.335 e. The summed E-state index contributed by atoms with van der Waals surface area (Å²) in [6.45, 7) is 1.90. The highest BCUT2D eigenvalue weighted by Crippen LogP contribution is 2.31. The molecule has 2 saturated heterocycles. The fraction of sp³-hybridized carbons (Fsp3) is 0.533. The Kier molecular flexibility index (Phi) is 5.78. The lowest BCUT2D eigenvalue weighted by Crippen LogP contribution is -2.43. The van der Waals surface area contributed by atoms with Crippen LogP contribution >= 0.6 is 35.6 Å². The van der Waals surface area contributed by atoms with Crippen LogP contribution in [-0.2, 0) is 11.2 Å². The van der Waals surface area contributed by atoms with Crippen LogP contribution in [0.1, 0.15) is 24.8 Å². The summed E-state index contributed by atoms with van der Waals surface area (Å²) in [5.41, 5.74) is 0.748. The molecule has 2 bridgehead atoms. The zero-order valence-electron chi connectivity index (χ0n) is 11.6. The van der Waals surface area contributed by atoms with Gasteiger partial charge < -0.3 is 10.2 Å². The van der Waals surface area contributed by atoms with Gasteiger partial charge in [0.25, 0.3) is 0 Å². The molecule has 0 aromatic heterocycles. The normalized spacial score (nSPS) is 24.4. The summed E-state index contributed by atoms with van der Waals surface area (Å²) in [6, 6.07) is 6.08. The summed E-state index contributed by atoms with van der Waals surface area (Å²) in [5, 5.41) is 4.55. The SMILES string of the molecule is Cl.O=C(Cc1c(Cl)cccc1Cl)N1C2CCNCC1CC2. The lowest BCUT2D eigenvalue weighted by Gasteiger charge is -2.28. The summed E-state index contributed by atoms with van der Waals surface area (Å²) in [6.07, 6.45) is 3.55. The first-order valence-corrected chi connectivity index (χ1v) is 7.87. The number of hydrogen-bond donors (Lipinski definition) is 1. The molecule has 3 nitrogen and oxygen atoms in total. The molecular weight excluding hydrogens is 331 g/mol. The van der Waals surface area contributed by atoms with Crippen molar-refractivity contribution >= 4 is 41.5 Å². The molecule has 0 spiro atoms. The van der Waals surface area contributed by atoms with Crippen molar-refractivity contribution in [3.63, 3.8) is 0 Å². The van der Waals surface area contributed by atoms with Crippen LogP contribution in [-0.4, -0.2) is 36.0 Å². The second-order valence-electron chi connectivity index (χ2n) is 5.56. The second-order valence-corrected chi connectivity index (χ2v) is 6.37. The highest BCUT2D eigenvalue weighted by Gasteiger charge is 2.37. The molecule has 6 heteroatoms. The number of amides is 1. The van der Waals surface area contributed by atoms with Gasteiger partial charge >= 0.3 is 0 Å². The minimum atomic E-state index is 0. The number of benzene rings is 1. The number of halogens is 3. The number of rotatable bonds is 2. The summed E-state index contributed by atoms with van der Waals surface area (Å²) >= 11 is 12.3. The smallest absolute Gasteiger partial charge is 0.227 e. The van der Waals surface area contributed by atoms with Crippen LogP contribution in [0, 0.1) is 0 Å². The van der Waals surface area contributed by atoms with Crippen molar-refractivity contribution in [1.29, 1.82) is 0 Å². The van der Waals surface area contributed by atoms with E-state index in [0.29, 0.717) is 28.5 Å². The Bertz CT molecular complexity index is 489. The van der Waals surface area contributed by atoms with Crippen molar-refractivity contribution in [1.82, 2.24) is 10.2 Å². The molecule has 2 atom stereocenters.